The Labute approximate surface area is 190 Å². The number of nitrogens with one attached hydrogen (secondary N) is 1. The molecule has 0 aliphatic carbocycles. The van der Waals surface area contributed by atoms with Crippen LogP contribution in [0.1, 0.15) is 17.1 Å². The molecule has 1 unspecified atom stereocenters. The molecule has 8 nitrogen and oxygen atoms in total. The van der Waals surface area contributed by atoms with Crippen LogP contribution in [0.4, 0.5) is 26.3 Å². The quantitative estimate of drug-likeness (QED) is 0.550. The summed E-state index contributed by atoms with van der Waals surface area (Å²) in [6.45, 7) is 4.71. The molecule has 3 N–H and O–H groups in total. The summed E-state index contributed by atoms with van der Waals surface area (Å²) in [7, 11) is 2.14. The zero-order chi connectivity index (χ0) is 26.1. The number of aromatic nitrogens is 2. The number of carbonyl (C=O) groups is 2. The first-order chi connectivity index (χ1) is 15.6. The summed E-state index contributed by atoms with van der Waals surface area (Å²) < 4.78 is 69.3. The van der Waals surface area contributed by atoms with Crippen LogP contribution in [0.3, 0.4) is 0 Å². The molecule has 0 fully saturated rings. The molecule has 190 valence electrons. The van der Waals surface area contributed by atoms with Crippen molar-refractivity contribution < 1.29 is 50.9 Å². The van der Waals surface area contributed by atoms with E-state index in [9.17, 15) is 26.3 Å². The number of nitrogens with zero attached hydrogens (tertiary/aromatic N) is 2. The summed E-state index contributed by atoms with van der Waals surface area (Å²) in [4.78, 5) is 27.7. The second kappa shape index (κ2) is 12.3. The van der Waals surface area contributed by atoms with E-state index in [1.165, 1.54) is 5.56 Å². The first-order valence-electron chi connectivity index (χ1n) is 9.59. The zero-order valence-electron chi connectivity index (χ0n) is 18.1. The minimum absolute atomic E-state index is 0.547. The van der Waals surface area contributed by atoms with Crippen LogP contribution in [0.2, 0.25) is 0 Å². The van der Waals surface area contributed by atoms with Crippen molar-refractivity contribution in [1.82, 2.24) is 14.9 Å². The molecule has 14 heteroatoms. The number of hydrogen-bond donors (Lipinski definition) is 3. The van der Waals surface area contributed by atoms with E-state index in [0.717, 1.165) is 43.4 Å². The molecule has 0 amide bonds. The summed E-state index contributed by atoms with van der Waals surface area (Å²) >= 11 is 0. The Morgan fingerprint density at radius 2 is 1.65 bits per heavy atom. The van der Waals surface area contributed by atoms with Crippen LogP contribution in [0.25, 0.3) is 0 Å². The summed E-state index contributed by atoms with van der Waals surface area (Å²) in [6, 6.07) is 8.34. The molecular weight excluding hydrogens is 476 g/mol. The molecule has 0 spiro atoms. The fourth-order valence-corrected chi connectivity index (χ4v) is 2.82. The van der Waals surface area contributed by atoms with Crippen LogP contribution in [0.5, 0.6) is 5.75 Å². The van der Waals surface area contributed by atoms with Gasteiger partial charge in [-0.25, -0.2) is 14.6 Å². The van der Waals surface area contributed by atoms with Crippen LogP contribution in [0, 0.1) is 12.8 Å². The zero-order valence-corrected chi connectivity index (χ0v) is 18.1. The van der Waals surface area contributed by atoms with Gasteiger partial charge in [-0.3, -0.25) is 4.90 Å². The van der Waals surface area contributed by atoms with Crippen molar-refractivity contribution in [2.75, 3.05) is 20.2 Å². The van der Waals surface area contributed by atoms with Crippen LogP contribution in [0.15, 0.2) is 30.5 Å². The van der Waals surface area contributed by atoms with Gasteiger partial charge in [0.1, 0.15) is 11.6 Å². The van der Waals surface area contributed by atoms with Gasteiger partial charge in [-0.2, -0.15) is 26.3 Å². The van der Waals surface area contributed by atoms with Gasteiger partial charge in [0.15, 0.2) is 0 Å². The lowest BCUT2D eigenvalue weighted by Gasteiger charge is -2.28. The maximum Gasteiger partial charge on any atom is 0.490 e. The molecule has 2 heterocycles. The minimum Gasteiger partial charge on any atom is -0.493 e. The Morgan fingerprint density at radius 3 is 2.12 bits per heavy atom. The standard InChI is InChI=1S/C16H21N3O.2C2HF3O2/c1-12-8-17-16(18-12)10-19(2)9-13-7-14-5-3-4-6-15(14)20-11-13;2*3-2(4,5)1(6)7/h3-6,8,13H,7,9-11H2,1-2H3,(H,17,18);2*(H,6,7). The Bertz CT molecular complexity index is 921. The van der Waals surface area contributed by atoms with E-state index in [-0.39, 0.29) is 0 Å². The highest BCUT2D eigenvalue weighted by Gasteiger charge is 2.38. The van der Waals surface area contributed by atoms with Gasteiger partial charge in [0.25, 0.3) is 0 Å². The molecule has 1 aromatic heterocycles. The second-order valence-electron chi connectivity index (χ2n) is 7.30. The van der Waals surface area contributed by atoms with Crippen LogP contribution < -0.4 is 4.74 Å². The first-order valence-corrected chi connectivity index (χ1v) is 9.59. The molecule has 3 rings (SSSR count). The van der Waals surface area contributed by atoms with Gasteiger partial charge in [0.05, 0.1) is 13.2 Å². The third-order valence-electron chi connectivity index (χ3n) is 4.19. The smallest absolute Gasteiger partial charge is 0.490 e. The van der Waals surface area contributed by atoms with Gasteiger partial charge in [-0.15, -0.1) is 0 Å². The molecule has 0 saturated carbocycles. The maximum atomic E-state index is 10.6. The molecule has 1 aromatic carbocycles. The molecule has 1 atom stereocenters. The number of H-pyrrole nitrogens is 1. The van der Waals surface area contributed by atoms with E-state index in [0.29, 0.717) is 5.92 Å². The number of aromatic amines is 1. The first kappa shape index (κ1) is 28.7. The fraction of sp³-hybridized carbons (Fsp3) is 0.450. The van der Waals surface area contributed by atoms with Crippen molar-refractivity contribution in [2.24, 2.45) is 5.92 Å². The van der Waals surface area contributed by atoms with Crippen molar-refractivity contribution in [3.05, 3.63) is 47.5 Å². The van der Waals surface area contributed by atoms with Crippen LogP contribution in [-0.2, 0) is 22.6 Å². The predicted octanol–water partition coefficient (Wildman–Crippen LogP) is 3.67. The molecule has 34 heavy (non-hydrogen) atoms. The molecule has 1 aliphatic heterocycles. The fourth-order valence-electron chi connectivity index (χ4n) is 2.82. The second-order valence-corrected chi connectivity index (χ2v) is 7.30. The summed E-state index contributed by atoms with van der Waals surface area (Å²) in [6.07, 6.45) is -7.19. The molecular formula is C20H23F6N3O5. The number of aliphatic carboxylic acids is 2. The Hall–Kier alpha value is -3.29. The topological polar surface area (TPSA) is 116 Å². The van der Waals surface area contributed by atoms with Gasteiger partial charge in [-0.1, -0.05) is 18.2 Å². The van der Waals surface area contributed by atoms with Gasteiger partial charge in [0, 0.05) is 24.4 Å². The highest BCUT2D eigenvalue weighted by molar-refractivity contribution is 5.73. The molecule has 2 aromatic rings. The number of fused-ring (bicyclic) bond motifs is 1. The molecule has 0 radical (unpaired) electrons. The predicted molar refractivity (Wildman–Crippen MR) is 106 cm³/mol. The van der Waals surface area contributed by atoms with E-state index >= 15 is 0 Å². The van der Waals surface area contributed by atoms with E-state index in [1.807, 2.05) is 19.2 Å². The lowest BCUT2D eigenvalue weighted by Crippen LogP contribution is -2.32. The van der Waals surface area contributed by atoms with Crippen LogP contribution in [-0.4, -0.2) is 69.6 Å². The van der Waals surface area contributed by atoms with Crippen molar-refractivity contribution in [1.29, 1.82) is 0 Å². The van der Waals surface area contributed by atoms with Crippen molar-refractivity contribution in [3.63, 3.8) is 0 Å². The van der Waals surface area contributed by atoms with E-state index in [2.05, 4.69) is 40.1 Å². The third kappa shape index (κ3) is 10.6. The number of benzene rings is 1. The van der Waals surface area contributed by atoms with Crippen molar-refractivity contribution >= 4 is 11.9 Å². The number of alkyl halides is 6. The lowest BCUT2D eigenvalue weighted by molar-refractivity contribution is -0.193. The summed E-state index contributed by atoms with van der Waals surface area (Å²) in [5.74, 6) is -2.89. The van der Waals surface area contributed by atoms with Gasteiger partial charge >= 0.3 is 24.3 Å². The van der Waals surface area contributed by atoms with Crippen molar-refractivity contribution in [2.45, 2.75) is 32.2 Å². The van der Waals surface area contributed by atoms with E-state index in [4.69, 9.17) is 24.5 Å². The number of imidazole rings is 1. The number of halogens is 6. The van der Waals surface area contributed by atoms with Gasteiger partial charge in [0.2, 0.25) is 0 Å². The molecule has 1 aliphatic rings. The summed E-state index contributed by atoms with van der Waals surface area (Å²) in [5, 5.41) is 14.2. The Morgan fingerprint density at radius 1 is 1.12 bits per heavy atom. The van der Waals surface area contributed by atoms with E-state index in [1.54, 1.807) is 0 Å². The maximum absolute atomic E-state index is 10.6. The van der Waals surface area contributed by atoms with Gasteiger partial charge in [-0.05, 0) is 32.0 Å². The molecule has 0 bridgehead atoms. The molecule has 0 saturated heterocycles. The van der Waals surface area contributed by atoms with Crippen molar-refractivity contribution in [3.8, 4) is 5.75 Å². The van der Waals surface area contributed by atoms with Crippen LogP contribution >= 0.6 is 0 Å². The monoisotopic (exact) mass is 499 g/mol. The average Bonchev–Trinajstić information content (AvgIpc) is 3.11. The number of hydrogen-bond acceptors (Lipinski definition) is 5. The highest BCUT2D eigenvalue weighted by Crippen LogP contribution is 2.27. The Kier molecular flexibility index (Phi) is 10.4. The minimum atomic E-state index is -5.08. The van der Waals surface area contributed by atoms with Gasteiger partial charge < -0.3 is 19.9 Å². The largest absolute Gasteiger partial charge is 0.493 e. The number of para-hydroxylation sites is 1. The number of carboxylic acid groups (broad SMARTS) is 2. The average molecular weight is 499 g/mol. The number of aryl methyl sites for hydroxylation is 1. The number of carboxylic acids is 2. The Balaban J connectivity index is 0.000000343. The number of rotatable bonds is 4. The van der Waals surface area contributed by atoms with E-state index < -0.39 is 24.3 Å². The SMILES string of the molecule is Cc1cnc(CN(C)CC2COc3ccccc3C2)[nH]1.O=C(O)C(F)(F)F.O=C(O)C(F)(F)F. The lowest BCUT2D eigenvalue weighted by atomic mass is 9.96. The highest BCUT2D eigenvalue weighted by atomic mass is 19.4. The number of ether oxygens (including phenoxy) is 1. The normalized spacial score (nSPS) is 15.1. The summed E-state index contributed by atoms with van der Waals surface area (Å²) in [5.41, 5.74) is 2.44. The third-order valence-corrected chi connectivity index (χ3v) is 4.19.